The number of nitrogens with zero attached hydrogens (tertiary/aromatic N) is 2. The van der Waals surface area contributed by atoms with Crippen molar-refractivity contribution in [2.45, 2.75) is 33.0 Å². The second kappa shape index (κ2) is 4.05. The van der Waals surface area contributed by atoms with Crippen LogP contribution in [0.1, 0.15) is 25.1 Å². The lowest BCUT2D eigenvalue weighted by atomic mass is 10.1. The summed E-state index contributed by atoms with van der Waals surface area (Å²) < 4.78 is 39.6. The highest BCUT2D eigenvalue weighted by Gasteiger charge is 2.32. The molecule has 5 heteroatoms. The first kappa shape index (κ1) is 12.0. The van der Waals surface area contributed by atoms with Crippen molar-refractivity contribution in [3.8, 4) is 0 Å². The number of rotatable bonds is 2. The van der Waals surface area contributed by atoms with Crippen molar-refractivity contribution in [1.82, 2.24) is 9.55 Å². The number of fused-ring (bicyclic) bond motifs is 1. The Balaban J connectivity index is 2.68. The Hall–Kier alpha value is -1.52. The van der Waals surface area contributed by atoms with Crippen LogP contribution in [0, 0.1) is 0 Å². The van der Waals surface area contributed by atoms with Crippen molar-refractivity contribution >= 4 is 10.9 Å². The number of alkyl halides is 3. The largest absolute Gasteiger partial charge is 0.433 e. The van der Waals surface area contributed by atoms with Gasteiger partial charge in [0.2, 0.25) is 0 Å². The quantitative estimate of drug-likeness (QED) is 0.786. The van der Waals surface area contributed by atoms with Crippen LogP contribution in [0.4, 0.5) is 13.2 Å². The second-order valence-corrected chi connectivity index (χ2v) is 3.88. The topological polar surface area (TPSA) is 17.8 Å². The fraction of sp³-hybridized carbons (Fsp3) is 0.417. The van der Waals surface area contributed by atoms with Crippen LogP contribution >= 0.6 is 0 Å². The number of pyridine rings is 1. The normalized spacial score (nSPS) is 12.3. The van der Waals surface area contributed by atoms with Crippen molar-refractivity contribution in [2.24, 2.45) is 0 Å². The van der Waals surface area contributed by atoms with Crippen LogP contribution in [0.5, 0.6) is 0 Å². The van der Waals surface area contributed by atoms with Gasteiger partial charge >= 0.3 is 6.18 Å². The molecule has 0 aromatic carbocycles. The van der Waals surface area contributed by atoms with Crippen molar-refractivity contribution in [1.29, 1.82) is 0 Å². The van der Waals surface area contributed by atoms with Crippen LogP contribution in [0.2, 0.25) is 0 Å². The van der Waals surface area contributed by atoms with Gasteiger partial charge in [-0.15, -0.1) is 0 Å². The highest BCUT2D eigenvalue weighted by Crippen LogP contribution is 2.31. The highest BCUT2D eigenvalue weighted by atomic mass is 19.4. The van der Waals surface area contributed by atoms with Crippen LogP contribution in [-0.4, -0.2) is 9.55 Å². The van der Waals surface area contributed by atoms with E-state index in [1.165, 1.54) is 6.20 Å². The second-order valence-electron chi connectivity index (χ2n) is 3.88. The zero-order valence-corrected chi connectivity index (χ0v) is 9.67. The number of halogens is 3. The van der Waals surface area contributed by atoms with Gasteiger partial charge < -0.3 is 4.57 Å². The molecule has 0 bridgehead atoms. The zero-order valence-electron chi connectivity index (χ0n) is 9.67. The predicted octanol–water partition coefficient (Wildman–Crippen LogP) is 3.64. The Morgan fingerprint density at radius 3 is 2.53 bits per heavy atom. The Morgan fingerprint density at radius 2 is 2.00 bits per heavy atom. The molecule has 0 aliphatic heterocycles. The van der Waals surface area contributed by atoms with E-state index in [1.54, 1.807) is 0 Å². The molecular formula is C12H13F3N2. The Kier molecular flexibility index (Phi) is 2.85. The van der Waals surface area contributed by atoms with Crippen molar-refractivity contribution in [3.05, 3.63) is 29.7 Å². The van der Waals surface area contributed by atoms with Gasteiger partial charge in [0, 0.05) is 18.1 Å². The van der Waals surface area contributed by atoms with E-state index in [4.69, 9.17) is 0 Å². The summed E-state index contributed by atoms with van der Waals surface area (Å²) in [4.78, 5) is 3.49. The smallest absolute Gasteiger partial charge is 0.346 e. The minimum atomic E-state index is -4.38. The molecule has 0 amide bonds. The van der Waals surface area contributed by atoms with Gasteiger partial charge in [0.25, 0.3) is 0 Å². The molecule has 2 aromatic rings. The molecule has 0 atom stereocenters. The zero-order chi connectivity index (χ0) is 12.6. The average molecular weight is 242 g/mol. The summed E-state index contributed by atoms with van der Waals surface area (Å²) >= 11 is 0. The monoisotopic (exact) mass is 242 g/mol. The van der Waals surface area contributed by atoms with Crippen LogP contribution in [0.25, 0.3) is 10.9 Å². The minimum absolute atomic E-state index is 0.650. The van der Waals surface area contributed by atoms with E-state index < -0.39 is 11.9 Å². The third-order valence-electron chi connectivity index (χ3n) is 2.86. The minimum Gasteiger partial charge on any atom is -0.346 e. The van der Waals surface area contributed by atoms with Crippen molar-refractivity contribution < 1.29 is 13.2 Å². The number of hydrogen-bond donors (Lipinski definition) is 0. The van der Waals surface area contributed by atoms with E-state index in [-0.39, 0.29) is 0 Å². The fourth-order valence-electron chi connectivity index (χ4n) is 1.96. The Bertz CT molecular complexity index is 540. The fourth-order valence-corrected chi connectivity index (χ4v) is 1.96. The van der Waals surface area contributed by atoms with E-state index in [1.807, 2.05) is 24.6 Å². The van der Waals surface area contributed by atoms with Crippen LogP contribution < -0.4 is 0 Å². The van der Waals surface area contributed by atoms with Crippen LogP contribution in [-0.2, 0) is 19.1 Å². The van der Waals surface area contributed by atoms with Crippen molar-refractivity contribution in [2.75, 3.05) is 0 Å². The van der Waals surface area contributed by atoms with Gasteiger partial charge in [-0.1, -0.05) is 6.92 Å². The number of hydrogen-bond acceptors (Lipinski definition) is 1. The molecule has 2 nitrogen and oxygen atoms in total. The molecule has 17 heavy (non-hydrogen) atoms. The predicted molar refractivity (Wildman–Crippen MR) is 59.8 cm³/mol. The SMILES string of the molecule is CCc1cn(CC)c2cnc(C(F)(F)F)cc12. The maximum absolute atomic E-state index is 12.6. The third kappa shape index (κ3) is 2.01. The lowest BCUT2D eigenvalue weighted by molar-refractivity contribution is -0.141. The van der Waals surface area contributed by atoms with E-state index >= 15 is 0 Å². The average Bonchev–Trinajstić information content (AvgIpc) is 2.64. The maximum Gasteiger partial charge on any atom is 0.433 e. The first-order chi connectivity index (χ1) is 7.97. The van der Waals surface area contributed by atoms with Gasteiger partial charge in [-0.05, 0) is 25.0 Å². The molecule has 0 fully saturated rings. The maximum atomic E-state index is 12.6. The molecule has 2 rings (SSSR count). The lowest BCUT2D eigenvalue weighted by Gasteiger charge is -2.06. The summed E-state index contributed by atoms with van der Waals surface area (Å²) in [5.41, 5.74) is 0.862. The molecule has 92 valence electrons. The van der Waals surface area contributed by atoms with Crippen molar-refractivity contribution in [3.63, 3.8) is 0 Å². The van der Waals surface area contributed by atoms with Gasteiger partial charge in [-0.2, -0.15) is 13.2 Å². The molecule has 0 N–H and O–H groups in total. The van der Waals surface area contributed by atoms with Gasteiger partial charge in [-0.25, -0.2) is 4.98 Å². The summed E-state index contributed by atoms with van der Waals surface area (Å²) in [5, 5.41) is 0.650. The first-order valence-electron chi connectivity index (χ1n) is 5.52. The van der Waals surface area contributed by atoms with E-state index in [0.29, 0.717) is 11.8 Å². The van der Waals surface area contributed by atoms with E-state index in [2.05, 4.69) is 4.98 Å². The highest BCUT2D eigenvalue weighted by molar-refractivity contribution is 5.83. The summed E-state index contributed by atoms with van der Waals surface area (Å²) in [6.45, 7) is 4.61. The molecule has 0 radical (unpaired) electrons. The molecule has 0 unspecified atom stereocenters. The molecule has 0 aliphatic rings. The van der Waals surface area contributed by atoms with Gasteiger partial charge in [0.05, 0.1) is 11.7 Å². The standard InChI is InChI=1S/C12H13F3N2/c1-3-8-7-17(4-2)10-6-16-11(5-9(8)10)12(13,14)15/h5-7H,3-4H2,1-2H3. The Labute approximate surface area is 97.1 Å². The molecule has 0 aliphatic carbocycles. The lowest BCUT2D eigenvalue weighted by Crippen LogP contribution is -2.07. The van der Waals surface area contributed by atoms with E-state index in [9.17, 15) is 13.2 Å². The van der Waals surface area contributed by atoms with E-state index in [0.717, 1.165) is 23.7 Å². The molecular weight excluding hydrogens is 229 g/mol. The molecule has 0 spiro atoms. The number of aryl methyl sites for hydroxylation is 2. The van der Waals surface area contributed by atoms with Gasteiger partial charge in [0.1, 0.15) is 5.69 Å². The molecule has 0 saturated carbocycles. The Morgan fingerprint density at radius 1 is 1.29 bits per heavy atom. The summed E-state index contributed by atoms with van der Waals surface area (Å²) in [5.74, 6) is 0. The summed E-state index contributed by atoms with van der Waals surface area (Å²) in [6, 6.07) is 1.14. The van der Waals surface area contributed by atoms with Crippen LogP contribution in [0.15, 0.2) is 18.5 Å². The molecule has 2 heterocycles. The molecule has 0 saturated heterocycles. The first-order valence-corrected chi connectivity index (χ1v) is 5.52. The molecule has 2 aromatic heterocycles. The van der Waals surface area contributed by atoms with Gasteiger partial charge in [0.15, 0.2) is 0 Å². The summed E-state index contributed by atoms with van der Waals surface area (Å²) in [6.07, 6.45) is -0.467. The number of aromatic nitrogens is 2. The summed E-state index contributed by atoms with van der Waals surface area (Å²) in [7, 11) is 0. The third-order valence-corrected chi connectivity index (χ3v) is 2.86. The van der Waals surface area contributed by atoms with Gasteiger partial charge in [-0.3, -0.25) is 0 Å². The van der Waals surface area contributed by atoms with Crippen LogP contribution in [0.3, 0.4) is 0 Å².